The van der Waals surface area contributed by atoms with Crippen molar-refractivity contribution in [3.63, 3.8) is 0 Å². The summed E-state index contributed by atoms with van der Waals surface area (Å²) in [5.74, 6) is 2.08. The second kappa shape index (κ2) is 8.50. The molecule has 0 bridgehead atoms. The van der Waals surface area contributed by atoms with Gasteiger partial charge in [-0.05, 0) is 33.6 Å². The van der Waals surface area contributed by atoms with Gasteiger partial charge in [-0.3, -0.25) is 4.79 Å². The molecule has 26 heavy (non-hydrogen) atoms. The number of rotatable bonds is 7. The van der Waals surface area contributed by atoms with Crippen LogP contribution in [0, 0.1) is 0 Å². The zero-order valence-electron chi connectivity index (χ0n) is 14.4. The molecule has 7 nitrogen and oxygen atoms in total. The van der Waals surface area contributed by atoms with Crippen molar-refractivity contribution in [1.82, 2.24) is 19.7 Å². The van der Waals surface area contributed by atoms with E-state index in [4.69, 9.17) is 0 Å². The highest BCUT2D eigenvalue weighted by molar-refractivity contribution is 9.10. The number of aromatic nitrogens is 4. The summed E-state index contributed by atoms with van der Waals surface area (Å²) in [7, 11) is 3.25. The number of fused-ring (bicyclic) bond motifs is 1. The lowest BCUT2D eigenvalue weighted by Gasteiger charge is -2.09. The van der Waals surface area contributed by atoms with Crippen LogP contribution in [0.4, 0.5) is 11.5 Å². The third kappa shape index (κ3) is 4.34. The number of aryl methyl sites for hydroxylation is 1. The van der Waals surface area contributed by atoms with Crippen LogP contribution in [0.5, 0.6) is 0 Å². The van der Waals surface area contributed by atoms with Crippen LogP contribution in [0.3, 0.4) is 0 Å². The predicted octanol–water partition coefficient (Wildman–Crippen LogP) is 3.67. The van der Waals surface area contributed by atoms with E-state index < -0.39 is 0 Å². The molecule has 9 heteroatoms. The van der Waals surface area contributed by atoms with Crippen molar-refractivity contribution in [3.8, 4) is 0 Å². The molecule has 0 radical (unpaired) electrons. The molecule has 1 aromatic carbocycles. The van der Waals surface area contributed by atoms with E-state index in [1.54, 1.807) is 16.4 Å². The summed E-state index contributed by atoms with van der Waals surface area (Å²) in [4.78, 5) is 19.8. The molecule has 136 valence electrons. The molecule has 1 N–H and O–H groups in total. The third-order valence-electron chi connectivity index (χ3n) is 3.71. The van der Waals surface area contributed by atoms with Crippen molar-refractivity contribution >= 4 is 56.2 Å². The molecule has 0 unspecified atom stereocenters. The van der Waals surface area contributed by atoms with Crippen molar-refractivity contribution in [2.24, 2.45) is 7.05 Å². The van der Waals surface area contributed by atoms with Crippen LogP contribution in [0.2, 0.25) is 0 Å². The lowest BCUT2D eigenvalue weighted by Crippen LogP contribution is -2.01. The van der Waals surface area contributed by atoms with Gasteiger partial charge < -0.3 is 10.1 Å². The highest BCUT2D eigenvalue weighted by atomic mass is 79.9. The number of nitrogens with one attached hydrogen (secondary N) is 1. The summed E-state index contributed by atoms with van der Waals surface area (Å²) >= 11 is 5.16. The molecular formula is C17H18BrN5O2S. The number of hydrogen-bond acceptors (Lipinski definition) is 7. The maximum absolute atomic E-state index is 11.1. The minimum atomic E-state index is -0.178. The Morgan fingerprint density at radius 2 is 2.23 bits per heavy atom. The van der Waals surface area contributed by atoms with Crippen LogP contribution in [-0.4, -0.2) is 38.6 Å². The first-order chi connectivity index (χ1) is 12.6. The summed E-state index contributed by atoms with van der Waals surface area (Å²) in [6.07, 6.45) is 1.94. The molecule has 0 aliphatic carbocycles. The van der Waals surface area contributed by atoms with E-state index in [9.17, 15) is 4.79 Å². The Labute approximate surface area is 163 Å². The number of carbonyl (C=O) groups excluding carboxylic acids is 1. The smallest absolute Gasteiger partial charge is 0.306 e. The van der Waals surface area contributed by atoms with Crippen molar-refractivity contribution in [2.45, 2.75) is 12.2 Å². The average molecular weight is 436 g/mol. The number of anilines is 2. The summed E-state index contributed by atoms with van der Waals surface area (Å²) in [6, 6.07) is 8.12. The number of esters is 1. The predicted molar refractivity (Wildman–Crippen MR) is 107 cm³/mol. The molecule has 0 fully saturated rings. The Morgan fingerprint density at radius 3 is 3.04 bits per heavy atom. The number of hydrogen-bond donors (Lipinski definition) is 1. The van der Waals surface area contributed by atoms with Crippen molar-refractivity contribution in [2.75, 3.05) is 18.2 Å². The number of benzene rings is 1. The lowest BCUT2D eigenvalue weighted by molar-refractivity contribution is -0.140. The molecule has 0 saturated heterocycles. The Kier molecular flexibility index (Phi) is 6.10. The van der Waals surface area contributed by atoms with Crippen LogP contribution < -0.4 is 5.32 Å². The number of nitrogens with zero attached hydrogens (tertiary/aromatic N) is 4. The van der Waals surface area contributed by atoms with Gasteiger partial charge in [-0.2, -0.15) is 16.9 Å². The minimum Gasteiger partial charge on any atom is -0.469 e. The minimum absolute atomic E-state index is 0.178. The molecule has 0 spiro atoms. The van der Waals surface area contributed by atoms with Gasteiger partial charge in [0.1, 0.15) is 16.7 Å². The van der Waals surface area contributed by atoms with E-state index in [0.29, 0.717) is 16.8 Å². The number of carbonyl (C=O) groups is 1. The van der Waals surface area contributed by atoms with Crippen LogP contribution in [0.15, 0.2) is 35.2 Å². The van der Waals surface area contributed by atoms with Gasteiger partial charge in [-0.25, -0.2) is 14.6 Å². The Balaban J connectivity index is 1.70. The van der Waals surface area contributed by atoms with Crippen LogP contribution in [0.1, 0.15) is 12.0 Å². The third-order valence-corrected chi connectivity index (χ3v) is 5.30. The van der Waals surface area contributed by atoms with Crippen molar-refractivity contribution < 1.29 is 9.53 Å². The molecule has 0 amide bonds. The zero-order chi connectivity index (χ0) is 18.5. The fraction of sp³-hybridized carbons (Fsp3) is 0.294. The quantitative estimate of drug-likeness (QED) is 0.447. The number of ether oxygens (including phenoxy) is 1. The van der Waals surface area contributed by atoms with Crippen molar-refractivity contribution in [3.05, 3.63) is 40.8 Å². The Bertz CT molecular complexity index is 931. The largest absolute Gasteiger partial charge is 0.469 e. The maximum atomic E-state index is 11.1. The topological polar surface area (TPSA) is 81.9 Å². The molecule has 0 atom stereocenters. The van der Waals surface area contributed by atoms with Gasteiger partial charge >= 0.3 is 5.97 Å². The van der Waals surface area contributed by atoms with Gasteiger partial charge in [-0.15, -0.1) is 0 Å². The second-order valence-electron chi connectivity index (χ2n) is 5.54. The van der Waals surface area contributed by atoms with Crippen LogP contribution >= 0.6 is 27.7 Å². The summed E-state index contributed by atoms with van der Waals surface area (Å²) in [5, 5.41) is 8.51. The van der Waals surface area contributed by atoms with Gasteiger partial charge in [0, 0.05) is 24.2 Å². The highest BCUT2D eigenvalue weighted by Gasteiger charge is 2.13. The van der Waals surface area contributed by atoms with Gasteiger partial charge in [0.05, 0.1) is 18.9 Å². The first-order valence-corrected chi connectivity index (χ1v) is 9.87. The zero-order valence-corrected chi connectivity index (χ0v) is 16.8. The molecule has 0 saturated carbocycles. The fourth-order valence-corrected chi connectivity index (χ4v) is 3.93. The van der Waals surface area contributed by atoms with E-state index in [1.165, 1.54) is 19.0 Å². The second-order valence-corrected chi connectivity index (χ2v) is 7.40. The number of methoxy groups -OCH3 is 1. The normalized spacial score (nSPS) is 10.9. The molecular weight excluding hydrogens is 418 g/mol. The first-order valence-electron chi connectivity index (χ1n) is 7.92. The van der Waals surface area contributed by atoms with Gasteiger partial charge in [-0.1, -0.05) is 12.1 Å². The summed E-state index contributed by atoms with van der Waals surface area (Å²) in [5.41, 5.74) is 2.86. The first kappa shape index (κ1) is 18.7. The molecule has 2 aromatic heterocycles. The monoisotopic (exact) mass is 435 g/mol. The van der Waals surface area contributed by atoms with E-state index in [1.807, 2.05) is 19.2 Å². The number of thioether (sulfide) groups is 1. The van der Waals surface area contributed by atoms with E-state index in [0.717, 1.165) is 28.2 Å². The molecule has 2 heterocycles. The molecule has 0 aliphatic heterocycles. The van der Waals surface area contributed by atoms with E-state index >= 15 is 0 Å². The van der Waals surface area contributed by atoms with E-state index in [-0.39, 0.29) is 5.97 Å². The van der Waals surface area contributed by atoms with Crippen LogP contribution in [0.25, 0.3) is 11.0 Å². The standard InChI is InChI=1S/C17H18BrN5O2S/c1-23-17-14(15(18)22-23)16(19-10-20-17)21-12-5-3-4-11(8-12)9-26-7-6-13(24)25-2/h3-5,8,10H,6-7,9H2,1-2H3,(H,19,20,21). The molecule has 0 aliphatic rings. The van der Waals surface area contributed by atoms with Crippen molar-refractivity contribution in [1.29, 1.82) is 0 Å². The highest BCUT2D eigenvalue weighted by Crippen LogP contribution is 2.29. The SMILES string of the molecule is COC(=O)CCSCc1cccc(Nc2ncnc3c2c(Br)nn3C)c1. The average Bonchev–Trinajstić information content (AvgIpc) is 2.94. The lowest BCUT2D eigenvalue weighted by atomic mass is 10.2. The summed E-state index contributed by atoms with van der Waals surface area (Å²) < 4.78 is 7.06. The Morgan fingerprint density at radius 1 is 1.38 bits per heavy atom. The van der Waals surface area contributed by atoms with Gasteiger partial charge in [0.2, 0.25) is 0 Å². The van der Waals surface area contributed by atoms with Gasteiger partial charge in [0.15, 0.2) is 5.65 Å². The summed E-state index contributed by atoms with van der Waals surface area (Å²) in [6.45, 7) is 0. The van der Waals surface area contributed by atoms with Crippen LogP contribution in [-0.2, 0) is 22.3 Å². The number of halogens is 1. The molecule has 3 rings (SSSR count). The van der Waals surface area contributed by atoms with E-state index in [2.05, 4.69) is 53.2 Å². The fourth-order valence-electron chi connectivity index (χ4n) is 2.46. The maximum Gasteiger partial charge on any atom is 0.306 e. The molecule has 3 aromatic rings. The Hall–Kier alpha value is -2.13. The van der Waals surface area contributed by atoms with Gasteiger partial charge in [0.25, 0.3) is 0 Å².